The number of hydrogen-bond acceptors (Lipinski definition) is 17. The number of esters is 4. The van der Waals surface area contributed by atoms with Crippen molar-refractivity contribution >= 4 is 47.3 Å². The fraction of sp³-hybridized carbons (Fsp3) is 0.569. The van der Waals surface area contributed by atoms with Crippen molar-refractivity contribution in [2.24, 2.45) is 57.7 Å². The molecule has 20 nitrogen and oxygen atoms in total. The van der Waals surface area contributed by atoms with E-state index in [4.69, 9.17) is 28.4 Å². The van der Waals surface area contributed by atoms with Crippen molar-refractivity contribution in [1.82, 2.24) is 10.6 Å². The van der Waals surface area contributed by atoms with Gasteiger partial charge in [0, 0.05) is 60.6 Å². The molecule has 78 heavy (non-hydrogen) atoms. The lowest BCUT2D eigenvalue weighted by atomic mass is 9.40. The van der Waals surface area contributed by atoms with Crippen LogP contribution in [0.2, 0.25) is 0 Å². The molecule has 416 valence electrons. The average molecular weight is 1080 g/mol. The molecule has 0 unspecified atom stereocenters. The smallest absolute Gasteiger partial charge is 0.341 e. The van der Waals surface area contributed by atoms with Crippen LogP contribution in [0.5, 0.6) is 0 Å². The third-order valence-corrected chi connectivity index (χ3v) is 19.9. The van der Waals surface area contributed by atoms with Gasteiger partial charge in [0.25, 0.3) is 11.8 Å². The van der Waals surface area contributed by atoms with E-state index in [2.05, 4.69) is 16.0 Å². The Labute approximate surface area is 450 Å². The van der Waals surface area contributed by atoms with Crippen molar-refractivity contribution in [1.29, 1.82) is 0 Å². The maximum Gasteiger partial charge on any atom is 0.341 e. The number of nitrogens with one attached hydrogen (secondary N) is 3. The van der Waals surface area contributed by atoms with Crippen LogP contribution in [-0.4, -0.2) is 134 Å². The maximum atomic E-state index is 14.7. The van der Waals surface area contributed by atoms with Gasteiger partial charge in [-0.25, -0.2) is 4.79 Å². The lowest BCUT2D eigenvalue weighted by Gasteiger charge is -2.67. The van der Waals surface area contributed by atoms with Gasteiger partial charge in [-0.2, -0.15) is 0 Å². The standard InChI is InChI=1S/C58H67N3O17/c1-25-37-40(56(7)57(8,72)53(71)78-58(56)48(25)77-58)44(67)38-36-39(47(73-26(2)62)50(55(37,38)6)75-28(4)64)54(5)33(24-34-46(76-34)49(54)74-27(3)63)42(43(36)66)60-35(65)23-29-16-15-21-32(22-29)59-52(70)45(68)41(30-17-11-9-12-18-30)61-51(69)31-19-13-10-14-20-31/h9-22,25,33-34,36-50,66-68,72H,23-24H2,1-8H3,(H,59,70)(H,60,65)(H,61,69)/t25-,33+,34-,36-,37-,38+,39+,40-,41-,42-,43+,44+,45+,46-,47-,48+,49-,50-,54-,55+,56-,57+,58-/m0/s1. The Hall–Kier alpha value is -6.29. The van der Waals surface area contributed by atoms with Crippen molar-refractivity contribution in [2.75, 3.05) is 5.32 Å². The molecular weight excluding hydrogens is 1010 g/mol. The van der Waals surface area contributed by atoms with Crippen molar-refractivity contribution in [2.45, 2.75) is 147 Å². The monoisotopic (exact) mass is 1080 g/mol. The van der Waals surface area contributed by atoms with Crippen molar-refractivity contribution in [3.8, 4) is 0 Å². The number of carbonyl (C=O) groups is 7. The molecule has 0 bridgehead atoms. The highest BCUT2D eigenvalue weighted by molar-refractivity contribution is 5.97. The second-order valence-corrected chi connectivity index (χ2v) is 23.9. The van der Waals surface area contributed by atoms with Gasteiger partial charge in [-0.3, -0.25) is 28.8 Å². The van der Waals surface area contributed by atoms with Gasteiger partial charge in [0.15, 0.2) is 11.7 Å². The molecule has 20 heteroatoms. The minimum Gasteiger partial charge on any atom is -0.459 e. The lowest BCUT2D eigenvalue weighted by Crippen LogP contribution is -2.77. The normalized spacial score (nSPS) is 42.6. The Morgan fingerprint density at radius 3 is 2.06 bits per heavy atom. The SMILES string of the molecule is CC(=O)O[C@H]1[C@H]2[C@@H]([C@@H](O)[C@@H](NC(=O)Cc3cccc(NC(=O)[C@H](O)[C@@H](NC(=O)c4ccccc4)c4ccccc4)c3)[C@H]3C[C@@H]4O[C@@H]4[C@H](OC(C)=O)[C@]23C)[C@@H]2[C@@H](O)[C@@H]3[C@H]([C@H](C)[C@H]4O[C@]45OC(=O)[C@@](C)(O)[C@]35C)[C@@]2(C)[C@H]1OC(C)=O. The van der Waals surface area contributed by atoms with Gasteiger partial charge in [0.05, 0.1) is 42.2 Å². The number of fused-ring (bicyclic) bond motifs is 9. The third kappa shape index (κ3) is 7.78. The van der Waals surface area contributed by atoms with Crippen LogP contribution in [0.15, 0.2) is 84.9 Å². The van der Waals surface area contributed by atoms with Crippen LogP contribution in [0.3, 0.4) is 0 Å². The van der Waals surface area contributed by atoms with E-state index in [1.54, 1.807) is 98.8 Å². The summed E-state index contributed by atoms with van der Waals surface area (Å²) in [6.45, 7) is 12.1. The Kier molecular flexibility index (Phi) is 12.8. The number of carbonyl (C=O) groups excluding carboxylic acids is 7. The average Bonchev–Trinajstić information content (AvgIpc) is 2.98. The third-order valence-electron chi connectivity index (χ3n) is 19.9. The first-order valence-electron chi connectivity index (χ1n) is 26.8. The molecule has 5 saturated carbocycles. The topological polar surface area (TPSA) is 298 Å². The predicted molar refractivity (Wildman–Crippen MR) is 271 cm³/mol. The molecule has 3 heterocycles. The number of hydrogen-bond donors (Lipinski definition) is 7. The molecule has 0 radical (unpaired) electrons. The van der Waals surface area contributed by atoms with Gasteiger partial charge >= 0.3 is 23.9 Å². The van der Waals surface area contributed by atoms with Crippen molar-refractivity contribution in [3.05, 3.63) is 102 Å². The molecule has 8 fully saturated rings. The predicted octanol–water partition coefficient (Wildman–Crippen LogP) is 2.68. The van der Waals surface area contributed by atoms with E-state index in [9.17, 15) is 54.0 Å². The molecule has 3 amide bonds. The van der Waals surface area contributed by atoms with E-state index in [0.717, 1.165) is 0 Å². The van der Waals surface area contributed by atoms with Crippen molar-refractivity contribution < 1.29 is 82.4 Å². The largest absolute Gasteiger partial charge is 0.459 e. The summed E-state index contributed by atoms with van der Waals surface area (Å²) >= 11 is 0. The highest BCUT2D eigenvalue weighted by atomic mass is 16.8. The van der Waals surface area contributed by atoms with Gasteiger partial charge in [-0.1, -0.05) is 81.4 Å². The quantitative estimate of drug-likeness (QED) is 0.0779. The molecule has 8 aliphatic rings. The molecule has 11 rings (SSSR count). The van der Waals surface area contributed by atoms with Gasteiger partial charge in [-0.15, -0.1) is 0 Å². The molecule has 0 aromatic heterocycles. The second-order valence-electron chi connectivity index (χ2n) is 23.9. The molecular formula is C58H67N3O17. The Balaban J connectivity index is 0.939. The molecule has 1 spiro atoms. The van der Waals surface area contributed by atoms with Gasteiger partial charge in [-0.05, 0) is 79.3 Å². The van der Waals surface area contributed by atoms with Gasteiger partial charge in [0.2, 0.25) is 11.7 Å². The highest BCUT2D eigenvalue weighted by Gasteiger charge is 2.93. The highest BCUT2D eigenvalue weighted by Crippen LogP contribution is 2.81. The van der Waals surface area contributed by atoms with Crippen molar-refractivity contribution in [3.63, 3.8) is 0 Å². The number of epoxide rings is 2. The van der Waals surface area contributed by atoms with Crippen LogP contribution in [0.25, 0.3) is 0 Å². The Bertz CT molecular complexity index is 2960. The lowest BCUT2D eigenvalue weighted by molar-refractivity contribution is -0.286. The van der Waals surface area contributed by atoms with E-state index in [1.807, 2.05) is 13.8 Å². The number of benzene rings is 3. The van der Waals surface area contributed by atoms with Gasteiger partial charge in [0.1, 0.15) is 30.5 Å². The van der Waals surface area contributed by atoms with Crippen LogP contribution in [0.4, 0.5) is 5.69 Å². The Morgan fingerprint density at radius 1 is 0.769 bits per heavy atom. The number of amides is 3. The zero-order valence-electron chi connectivity index (χ0n) is 44.5. The molecule has 3 aliphatic heterocycles. The fourth-order valence-electron chi connectivity index (χ4n) is 16.7. The zero-order valence-corrected chi connectivity index (χ0v) is 44.5. The summed E-state index contributed by atoms with van der Waals surface area (Å²) in [5.41, 5.74) is -5.14. The number of ether oxygens (including phenoxy) is 6. The number of aliphatic hydroxyl groups is 4. The summed E-state index contributed by atoms with van der Waals surface area (Å²) in [7, 11) is 0. The molecule has 5 aliphatic carbocycles. The summed E-state index contributed by atoms with van der Waals surface area (Å²) in [5, 5.41) is 59.2. The van der Waals surface area contributed by atoms with E-state index in [0.29, 0.717) is 16.7 Å². The number of rotatable bonds is 12. The van der Waals surface area contributed by atoms with E-state index in [-0.39, 0.29) is 18.5 Å². The summed E-state index contributed by atoms with van der Waals surface area (Å²) in [6, 6.07) is 21.0. The van der Waals surface area contributed by atoms with E-state index >= 15 is 0 Å². The Morgan fingerprint density at radius 2 is 1.41 bits per heavy atom. The molecule has 23 atom stereocenters. The number of aliphatic hydroxyl groups excluding tert-OH is 3. The summed E-state index contributed by atoms with van der Waals surface area (Å²) in [5.74, 6) is -13.0. The van der Waals surface area contributed by atoms with Crippen LogP contribution < -0.4 is 16.0 Å². The summed E-state index contributed by atoms with van der Waals surface area (Å²) in [4.78, 5) is 95.8. The minimum atomic E-state index is -2.20. The van der Waals surface area contributed by atoms with Crippen LogP contribution in [-0.2, 0) is 63.6 Å². The minimum absolute atomic E-state index is 0.227. The maximum absolute atomic E-state index is 14.7. The first-order valence-corrected chi connectivity index (χ1v) is 26.8. The second kappa shape index (κ2) is 18.7. The van der Waals surface area contributed by atoms with Gasteiger partial charge < -0.3 is 64.8 Å². The summed E-state index contributed by atoms with van der Waals surface area (Å²) < 4.78 is 37.4. The molecule has 3 saturated heterocycles. The van der Waals surface area contributed by atoms with Crippen LogP contribution >= 0.6 is 0 Å². The molecule has 7 N–H and O–H groups in total. The molecule has 3 aromatic rings. The molecule has 3 aromatic carbocycles. The zero-order chi connectivity index (χ0) is 55.9. The van der Waals surface area contributed by atoms with Crippen LogP contribution in [0.1, 0.15) is 89.3 Å². The first kappa shape index (κ1) is 53.7. The van der Waals surface area contributed by atoms with E-state index < -0.39 is 178 Å². The summed E-state index contributed by atoms with van der Waals surface area (Å²) in [6.07, 6.45) is -10.5. The number of anilines is 1. The first-order chi connectivity index (χ1) is 36.8. The van der Waals surface area contributed by atoms with E-state index in [1.165, 1.54) is 27.7 Å². The fourth-order valence-corrected chi connectivity index (χ4v) is 16.7. The van der Waals surface area contributed by atoms with Crippen LogP contribution in [0, 0.1) is 57.7 Å².